The molecule has 0 amide bonds. The molecule has 0 aromatic rings. The standard InChI is InChI=1S/C80H156O17P2/c1-7-10-12-14-16-18-20-22-23-24-25-26-27-29-35-39-47-53-59-65-80(85)96-75(68-90-77(82)62-56-50-44-37-33-31-30-32-36-42-48-54-60-72(4)5)70-94-98(86,87)92-66-74(81)67-93-99(88,89)95-71-76(69-91-78(83)63-57-51-45-41-40-43-49-55-61-73(6)9-3)97-79(84)64-58-52-46-38-34-28-21-19-17-15-13-11-8-2/h72-76,81H,7-71H2,1-6H3,(H,86,87)(H,88,89)/t73?,74-,75-,76-/m1/s1. The van der Waals surface area contributed by atoms with Crippen LogP contribution in [0.4, 0.5) is 0 Å². The SMILES string of the molecule is CCCCCCCCCCCCCCCCCCCCCC(=O)O[C@H](COC(=O)CCCCCCCCCCCCCCC(C)C)COP(=O)(O)OC[C@@H](O)COP(=O)(O)OC[C@@H](COC(=O)CCCCCCCCCCC(C)CC)OC(=O)CCCCCCCCCCCCCCC. The van der Waals surface area contributed by atoms with Gasteiger partial charge in [-0.15, -0.1) is 0 Å². The van der Waals surface area contributed by atoms with Crippen molar-refractivity contribution >= 4 is 39.5 Å². The number of phosphoric acid groups is 2. The molecule has 0 aliphatic rings. The molecule has 19 heteroatoms. The molecule has 3 unspecified atom stereocenters. The minimum Gasteiger partial charge on any atom is -0.462 e. The lowest BCUT2D eigenvalue weighted by Crippen LogP contribution is -2.30. The quantitative estimate of drug-likeness (QED) is 0.0222. The fraction of sp³-hybridized carbons (Fsp3) is 0.950. The Hall–Kier alpha value is -1.94. The van der Waals surface area contributed by atoms with Gasteiger partial charge in [-0.3, -0.25) is 37.3 Å². The van der Waals surface area contributed by atoms with Crippen molar-refractivity contribution in [2.24, 2.45) is 11.8 Å². The van der Waals surface area contributed by atoms with E-state index in [0.717, 1.165) is 102 Å². The number of hydrogen-bond acceptors (Lipinski definition) is 15. The Kier molecular flexibility index (Phi) is 70.3. The number of ether oxygens (including phenoxy) is 4. The third-order valence-electron chi connectivity index (χ3n) is 19.1. The molecule has 588 valence electrons. The summed E-state index contributed by atoms with van der Waals surface area (Å²) in [5, 5.41) is 10.6. The molecule has 0 heterocycles. The van der Waals surface area contributed by atoms with Gasteiger partial charge in [-0.1, -0.05) is 369 Å². The van der Waals surface area contributed by atoms with Gasteiger partial charge >= 0.3 is 39.5 Å². The van der Waals surface area contributed by atoms with Crippen LogP contribution in [0.25, 0.3) is 0 Å². The van der Waals surface area contributed by atoms with Crippen LogP contribution in [0.3, 0.4) is 0 Å². The van der Waals surface area contributed by atoms with Gasteiger partial charge in [0.2, 0.25) is 0 Å². The zero-order chi connectivity index (χ0) is 72.8. The molecule has 6 atom stereocenters. The fourth-order valence-corrected chi connectivity index (χ4v) is 13.9. The number of aliphatic hydroxyl groups is 1. The summed E-state index contributed by atoms with van der Waals surface area (Å²) in [7, 11) is -9.92. The van der Waals surface area contributed by atoms with E-state index in [1.807, 2.05) is 0 Å². The molecule has 0 aliphatic carbocycles. The van der Waals surface area contributed by atoms with Crippen molar-refractivity contribution in [1.29, 1.82) is 0 Å². The maximum absolute atomic E-state index is 13.1. The topological polar surface area (TPSA) is 237 Å². The molecule has 0 bridgehead atoms. The van der Waals surface area contributed by atoms with E-state index in [2.05, 4.69) is 41.5 Å². The van der Waals surface area contributed by atoms with Crippen molar-refractivity contribution < 1.29 is 80.2 Å². The maximum atomic E-state index is 13.1. The average Bonchev–Trinajstić information content (AvgIpc) is 1.16. The first-order valence-electron chi connectivity index (χ1n) is 41.5. The highest BCUT2D eigenvalue weighted by atomic mass is 31.2. The van der Waals surface area contributed by atoms with Gasteiger partial charge < -0.3 is 33.8 Å². The molecule has 0 fully saturated rings. The number of carbonyl (C=O) groups excluding carboxylic acids is 4. The summed E-state index contributed by atoms with van der Waals surface area (Å²) < 4.78 is 68.7. The minimum atomic E-state index is -4.96. The van der Waals surface area contributed by atoms with Crippen LogP contribution in [0, 0.1) is 11.8 Å². The third kappa shape index (κ3) is 72.8. The van der Waals surface area contributed by atoms with Crippen molar-refractivity contribution in [1.82, 2.24) is 0 Å². The zero-order valence-corrected chi connectivity index (χ0v) is 66.6. The Morgan fingerprint density at radius 2 is 0.515 bits per heavy atom. The smallest absolute Gasteiger partial charge is 0.462 e. The van der Waals surface area contributed by atoms with Crippen LogP contribution in [0.2, 0.25) is 0 Å². The van der Waals surface area contributed by atoms with Crippen LogP contribution >= 0.6 is 15.6 Å². The van der Waals surface area contributed by atoms with Crippen LogP contribution in [0.5, 0.6) is 0 Å². The molecule has 0 saturated heterocycles. The maximum Gasteiger partial charge on any atom is 0.472 e. The van der Waals surface area contributed by atoms with Gasteiger partial charge in [-0.25, -0.2) is 9.13 Å². The monoisotopic (exact) mass is 1450 g/mol. The summed E-state index contributed by atoms with van der Waals surface area (Å²) in [6.45, 7) is 9.65. The molecule has 0 rings (SSSR count). The number of hydrogen-bond donors (Lipinski definition) is 3. The Labute approximate surface area is 607 Å². The van der Waals surface area contributed by atoms with Crippen LogP contribution < -0.4 is 0 Å². The van der Waals surface area contributed by atoms with Crippen molar-refractivity contribution in [3.8, 4) is 0 Å². The van der Waals surface area contributed by atoms with Crippen LogP contribution in [-0.2, 0) is 65.4 Å². The van der Waals surface area contributed by atoms with E-state index >= 15 is 0 Å². The summed E-state index contributed by atoms with van der Waals surface area (Å²) in [4.78, 5) is 73.0. The molecule has 0 aromatic heterocycles. The van der Waals surface area contributed by atoms with Gasteiger partial charge in [-0.2, -0.15) is 0 Å². The first-order valence-corrected chi connectivity index (χ1v) is 44.5. The Balaban J connectivity index is 5.25. The molecule has 99 heavy (non-hydrogen) atoms. The number of esters is 4. The van der Waals surface area contributed by atoms with Crippen molar-refractivity contribution in [3.63, 3.8) is 0 Å². The van der Waals surface area contributed by atoms with Crippen LogP contribution in [0.15, 0.2) is 0 Å². The summed E-state index contributed by atoms with van der Waals surface area (Å²) in [6.07, 6.45) is 60.9. The van der Waals surface area contributed by atoms with Gasteiger partial charge in [0.15, 0.2) is 12.2 Å². The van der Waals surface area contributed by atoms with Crippen molar-refractivity contribution in [2.45, 2.75) is 439 Å². The first-order chi connectivity index (χ1) is 47.9. The van der Waals surface area contributed by atoms with E-state index in [0.29, 0.717) is 25.7 Å². The van der Waals surface area contributed by atoms with E-state index in [1.54, 1.807) is 0 Å². The molecular formula is C80H156O17P2. The largest absolute Gasteiger partial charge is 0.472 e. The van der Waals surface area contributed by atoms with Crippen LogP contribution in [-0.4, -0.2) is 96.7 Å². The number of carbonyl (C=O) groups is 4. The summed E-state index contributed by atoms with van der Waals surface area (Å²) in [6, 6.07) is 0. The van der Waals surface area contributed by atoms with Gasteiger partial charge in [0.1, 0.15) is 19.3 Å². The van der Waals surface area contributed by atoms with E-state index in [1.165, 1.54) is 238 Å². The Bertz CT molecular complexity index is 1910. The number of phosphoric ester groups is 2. The first kappa shape index (κ1) is 97.1. The highest BCUT2D eigenvalue weighted by Crippen LogP contribution is 2.45. The summed E-state index contributed by atoms with van der Waals surface area (Å²) in [5.41, 5.74) is 0. The molecule has 0 radical (unpaired) electrons. The van der Waals surface area contributed by atoms with Gasteiger partial charge in [0.05, 0.1) is 26.4 Å². The van der Waals surface area contributed by atoms with Crippen LogP contribution in [0.1, 0.15) is 420 Å². The van der Waals surface area contributed by atoms with Gasteiger partial charge in [0.25, 0.3) is 0 Å². The van der Waals surface area contributed by atoms with Crippen molar-refractivity contribution in [2.75, 3.05) is 39.6 Å². The minimum absolute atomic E-state index is 0.107. The van der Waals surface area contributed by atoms with E-state index in [4.69, 9.17) is 37.0 Å². The lowest BCUT2D eigenvalue weighted by molar-refractivity contribution is -0.161. The second kappa shape index (κ2) is 71.7. The normalized spacial score (nSPS) is 14.2. The number of aliphatic hydroxyl groups excluding tert-OH is 1. The number of rotatable bonds is 79. The predicted molar refractivity (Wildman–Crippen MR) is 405 cm³/mol. The van der Waals surface area contributed by atoms with E-state index in [9.17, 15) is 43.2 Å². The van der Waals surface area contributed by atoms with Gasteiger partial charge in [-0.05, 0) is 37.5 Å². The van der Waals surface area contributed by atoms with E-state index in [-0.39, 0.29) is 25.7 Å². The lowest BCUT2D eigenvalue weighted by Gasteiger charge is -2.21. The van der Waals surface area contributed by atoms with E-state index < -0.39 is 97.5 Å². The van der Waals surface area contributed by atoms with Gasteiger partial charge in [0, 0.05) is 25.7 Å². The third-order valence-corrected chi connectivity index (χ3v) is 21.0. The average molecular weight is 1450 g/mol. The van der Waals surface area contributed by atoms with Crippen molar-refractivity contribution in [3.05, 3.63) is 0 Å². The number of unbranched alkanes of at least 4 members (excludes halogenated alkanes) is 48. The highest BCUT2D eigenvalue weighted by molar-refractivity contribution is 7.47. The molecule has 0 saturated carbocycles. The Morgan fingerprint density at radius 1 is 0.293 bits per heavy atom. The second-order valence-corrected chi connectivity index (χ2v) is 32.4. The Morgan fingerprint density at radius 3 is 0.768 bits per heavy atom. The zero-order valence-electron chi connectivity index (χ0n) is 64.8. The summed E-state index contributed by atoms with van der Waals surface area (Å²) in [5.74, 6) is -0.549. The molecule has 17 nitrogen and oxygen atoms in total. The summed E-state index contributed by atoms with van der Waals surface area (Å²) >= 11 is 0. The fourth-order valence-electron chi connectivity index (χ4n) is 12.3. The molecule has 0 aromatic carbocycles. The molecule has 3 N–H and O–H groups in total. The molecule has 0 spiro atoms. The lowest BCUT2D eigenvalue weighted by atomic mass is 9.99. The second-order valence-electron chi connectivity index (χ2n) is 29.5. The highest BCUT2D eigenvalue weighted by Gasteiger charge is 2.30. The molecular weight excluding hydrogens is 1290 g/mol. The molecule has 0 aliphatic heterocycles. The predicted octanol–water partition coefficient (Wildman–Crippen LogP) is 23.9.